The number of carbonyl (C=O) groups is 1. The summed E-state index contributed by atoms with van der Waals surface area (Å²) in [5, 5.41) is 10.3. The van der Waals surface area contributed by atoms with Gasteiger partial charge in [0.05, 0.1) is 13.2 Å². The number of aliphatic hydroxyl groups is 1. The minimum Gasteiger partial charge on any atom is -0.491 e. The molecule has 0 saturated heterocycles. The number of aryl methyl sites for hydroxylation is 1. The number of alkyl halides is 1. The Bertz CT molecular complexity index is 628. The molecule has 3 heterocycles. The van der Waals surface area contributed by atoms with Gasteiger partial charge in [-0.2, -0.15) is 0 Å². The van der Waals surface area contributed by atoms with Crippen molar-refractivity contribution in [3.05, 3.63) is 27.7 Å². The zero-order valence-electron chi connectivity index (χ0n) is 11.0. The van der Waals surface area contributed by atoms with E-state index in [1.807, 2.05) is 0 Å². The highest BCUT2D eigenvalue weighted by atomic mass is 35.5. The van der Waals surface area contributed by atoms with E-state index in [1.54, 1.807) is 4.57 Å². The summed E-state index contributed by atoms with van der Waals surface area (Å²) in [5.41, 5.74) is 0.701. The zero-order valence-corrected chi connectivity index (χ0v) is 11.8. The molecule has 0 spiro atoms. The van der Waals surface area contributed by atoms with Crippen LogP contribution in [-0.4, -0.2) is 46.2 Å². The van der Waals surface area contributed by atoms with E-state index in [9.17, 15) is 14.7 Å². The van der Waals surface area contributed by atoms with Gasteiger partial charge in [0, 0.05) is 24.2 Å². The standard InChI is InChI=1S/C13H15ClN2O4/c1-20-11-9(17)6-7-2-3-8-12(18)15(5-4-14)13(19)10(11)16(7)8/h6,8,12,18H,2-5H2,1H3. The number of methoxy groups -OCH3 is 1. The fourth-order valence-corrected chi connectivity index (χ4v) is 3.30. The molecule has 108 valence electrons. The Kier molecular flexibility index (Phi) is 3.22. The third-order valence-electron chi connectivity index (χ3n) is 3.97. The van der Waals surface area contributed by atoms with Crippen molar-refractivity contribution < 1.29 is 14.6 Å². The van der Waals surface area contributed by atoms with E-state index in [2.05, 4.69) is 0 Å². The quantitative estimate of drug-likeness (QED) is 0.818. The normalized spacial score (nSPS) is 23.9. The first-order valence-electron chi connectivity index (χ1n) is 6.47. The van der Waals surface area contributed by atoms with Crippen molar-refractivity contribution in [2.24, 2.45) is 0 Å². The van der Waals surface area contributed by atoms with Gasteiger partial charge in [-0.15, -0.1) is 11.6 Å². The van der Waals surface area contributed by atoms with Crippen LogP contribution in [0.5, 0.6) is 5.75 Å². The molecule has 1 aromatic heterocycles. The van der Waals surface area contributed by atoms with E-state index in [4.69, 9.17) is 16.3 Å². The molecule has 2 unspecified atom stereocenters. The van der Waals surface area contributed by atoms with Crippen LogP contribution in [0.3, 0.4) is 0 Å². The van der Waals surface area contributed by atoms with Gasteiger partial charge < -0.3 is 19.3 Å². The molecule has 2 atom stereocenters. The van der Waals surface area contributed by atoms with E-state index in [0.717, 1.165) is 5.69 Å². The Morgan fingerprint density at radius 2 is 2.25 bits per heavy atom. The summed E-state index contributed by atoms with van der Waals surface area (Å²) in [6, 6.07) is 1.25. The average molecular weight is 299 g/mol. The number of rotatable bonds is 3. The first-order chi connectivity index (χ1) is 9.60. The average Bonchev–Trinajstić information content (AvgIpc) is 2.84. The van der Waals surface area contributed by atoms with Crippen LogP contribution in [0.2, 0.25) is 0 Å². The maximum atomic E-state index is 12.5. The van der Waals surface area contributed by atoms with Crippen molar-refractivity contribution in [2.45, 2.75) is 25.1 Å². The van der Waals surface area contributed by atoms with Crippen LogP contribution >= 0.6 is 11.6 Å². The van der Waals surface area contributed by atoms with E-state index in [1.165, 1.54) is 18.1 Å². The largest absolute Gasteiger partial charge is 0.491 e. The van der Waals surface area contributed by atoms with Gasteiger partial charge in [-0.1, -0.05) is 0 Å². The summed E-state index contributed by atoms with van der Waals surface area (Å²) < 4.78 is 6.86. The smallest absolute Gasteiger partial charge is 0.276 e. The highest BCUT2D eigenvalue weighted by Crippen LogP contribution is 2.38. The molecule has 0 aliphatic carbocycles. The predicted molar refractivity (Wildman–Crippen MR) is 72.4 cm³/mol. The zero-order chi connectivity index (χ0) is 14.4. The third kappa shape index (κ3) is 1.68. The molecule has 20 heavy (non-hydrogen) atoms. The number of hydrogen-bond donors (Lipinski definition) is 1. The number of carbonyl (C=O) groups excluding carboxylic acids is 1. The molecule has 3 rings (SSSR count). The number of ether oxygens (including phenoxy) is 1. The van der Waals surface area contributed by atoms with Crippen LogP contribution in [0.25, 0.3) is 0 Å². The third-order valence-corrected chi connectivity index (χ3v) is 4.14. The second kappa shape index (κ2) is 4.79. The summed E-state index contributed by atoms with van der Waals surface area (Å²) in [5.74, 6) is -0.147. The summed E-state index contributed by atoms with van der Waals surface area (Å²) >= 11 is 5.70. The molecule has 0 aromatic carbocycles. The molecular formula is C13H15ClN2O4. The molecule has 2 aliphatic rings. The molecule has 0 fully saturated rings. The molecule has 6 nitrogen and oxygen atoms in total. The molecule has 1 amide bonds. The maximum absolute atomic E-state index is 12.5. The summed E-state index contributed by atoms with van der Waals surface area (Å²) in [4.78, 5) is 25.9. The van der Waals surface area contributed by atoms with Crippen molar-refractivity contribution in [3.8, 4) is 5.75 Å². The summed E-state index contributed by atoms with van der Waals surface area (Å²) in [7, 11) is 1.37. The Morgan fingerprint density at radius 3 is 2.90 bits per heavy atom. The van der Waals surface area contributed by atoms with Gasteiger partial charge in [0.1, 0.15) is 6.23 Å². The van der Waals surface area contributed by atoms with Gasteiger partial charge in [0.2, 0.25) is 5.43 Å². The van der Waals surface area contributed by atoms with Crippen molar-refractivity contribution in [2.75, 3.05) is 19.5 Å². The molecule has 0 bridgehead atoms. The Labute approximate surface area is 120 Å². The molecule has 7 heteroatoms. The molecule has 2 aliphatic heterocycles. The monoisotopic (exact) mass is 298 g/mol. The van der Waals surface area contributed by atoms with E-state index >= 15 is 0 Å². The molecule has 0 radical (unpaired) electrons. The van der Waals surface area contributed by atoms with Crippen LogP contribution in [0.4, 0.5) is 0 Å². The van der Waals surface area contributed by atoms with Gasteiger partial charge >= 0.3 is 0 Å². The number of hydrogen-bond acceptors (Lipinski definition) is 4. The SMILES string of the molecule is COc1c2n3c(cc1=O)CCC3C(O)N(CCCl)C2=O. The van der Waals surface area contributed by atoms with Crippen molar-refractivity contribution in [1.82, 2.24) is 9.47 Å². The van der Waals surface area contributed by atoms with E-state index in [0.29, 0.717) is 12.8 Å². The minimum absolute atomic E-state index is 0.0390. The van der Waals surface area contributed by atoms with Crippen molar-refractivity contribution in [3.63, 3.8) is 0 Å². The first kappa shape index (κ1) is 13.5. The Balaban J connectivity index is 2.24. The lowest BCUT2D eigenvalue weighted by atomic mass is 10.1. The Morgan fingerprint density at radius 1 is 1.50 bits per heavy atom. The summed E-state index contributed by atoms with van der Waals surface area (Å²) in [6.45, 7) is 0.236. The molecule has 1 N–H and O–H groups in total. The highest BCUT2D eigenvalue weighted by molar-refractivity contribution is 6.18. The number of nitrogens with zero attached hydrogens (tertiary/aromatic N) is 2. The van der Waals surface area contributed by atoms with Gasteiger partial charge in [0.15, 0.2) is 11.4 Å². The van der Waals surface area contributed by atoms with Crippen LogP contribution < -0.4 is 10.2 Å². The highest BCUT2D eigenvalue weighted by Gasteiger charge is 2.43. The fourth-order valence-electron chi connectivity index (χ4n) is 3.12. The lowest BCUT2D eigenvalue weighted by Crippen LogP contribution is -2.51. The molecule has 0 saturated carbocycles. The van der Waals surface area contributed by atoms with Crippen LogP contribution in [-0.2, 0) is 6.42 Å². The number of aliphatic hydroxyl groups excluding tert-OH is 1. The number of aromatic nitrogens is 1. The number of amides is 1. The second-order valence-electron chi connectivity index (χ2n) is 4.96. The van der Waals surface area contributed by atoms with Crippen LogP contribution in [0.15, 0.2) is 10.9 Å². The van der Waals surface area contributed by atoms with Gasteiger partial charge in [-0.3, -0.25) is 9.59 Å². The first-order valence-corrected chi connectivity index (χ1v) is 7.01. The van der Waals surface area contributed by atoms with Crippen molar-refractivity contribution >= 4 is 17.5 Å². The van der Waals surface area contributed by atoms with Crippen LogP contribution in [0, 0.1) is 0 Å². The predicted octanol–water partition coefficient (Wildman–Crippen LogP) is 0.357. The number of halogens is 1. The second-order valence-corrected chi connectivity index (χ2v) is 5.34. The minimum atomic E-state index is -0.915. The Hall–Kier alpha value is -1.53. The maximum Gasteiger partial charge on any atom is 0.276 e. The summed E-state index contributed by atoms with van der Waals surface area (Å²) in [6.07, 6.45) is 0.435. The van der Waals surface area contributed by atoms with Gasteiger partial charge in [-0.25, -0.2) is 0 Å². The molecule has 1 aromatic rings. The van der Waals surface area contributed by atoms with Crippen LogP contribution in [0.1, 0.15) is 28.6 Å². The van der Waals surface area contributed by atoms with E-state index in [-0.39, 0.29) is 35.3 Å². The number of pyridine rings is 1. The van der Waals surface area contributed by atoms with E-state index < -0.39 is 12.1 Å². The van der Waals surface area contributed by atoms with Crippen molar-refractivity contribution in [1.29, 1.82) is 0 Å². The lowest BCUT2D eigenvalue weighted by molar-refractivity contribution is -0.0299. The van der Waals surface area contributed by atoms with Gasteiger partial charge in [0.25, 0.3) is 5.91 Å². The van der Waals surface area contributed by atoms with Gasteiger partial charge in [-0.05, 0) is 12.8 Å². The lowest BCUT2D eigenvalue weighted by Gasteiger charge is -2.38. The topological polar surface area (TPSA) is 71.8 Å². The molecular weight excluding hydrogens is 284 g/mol. The fraction of sp³-hybridized carbons (Fsp3) is 0.538.